The molecule has 1 unspecified atom stereocenters. The zero-order chi connectivity index (χ0) is 22.8. The van der Waals surface area contributed by atoms with Crippen LogP contribution < -0.4 is 4.74 Å². The smallest absolute Gasteiger partial charge is 0.300 e. The van der Waals surface area contributed by atoms with E-state index in [1.165, 1.54) is 0 Å². The fourth-order valence-corrected chi connectivity index (χ4v) is 3.89. The minimum atomic E-state index is -5.51. The van der Waals surface area contributed by atoms with Crippen LogP contribution in [-0.2, 0) is 16.7 Å². The van der Waals surface area contributed by atoms with E-state index in [-0.39, 0.29) is 0 Å². The van der Waals surface area contributed by atoms with E-state index in [4.69, 9.17) is 9.29 Å². The highest BCUT2D eigenvalue weighted by Gasteiger charge is 2.33. The van der Waals surface area contributed by atoms with Crippen molar-refractivity contribution in [2.45, 2.75) is 51.5 Å². The van der Waals surface area contributed by atoms with Crippen LogP contribution in [-0.4, -0.2) is 13.0 Å². The van der Waals surface area contributed by atoms with Gasteiger partial charge in [0.15, 0.2) is 22.3 Å². The third-order valence-electron chi connectivity index (χ3n) is 4.76. The average molecular weight is 448 g/mol. The van der Waals surface area contributed by atoms with Crippen molar-refractivity contribution < 1.29 is 35.3 Å². The van der Waals surface area contributed by atoms with E-state index in [1.807, 2.05) is 12.1 Å². The first-order valence-corrected chi connectivity index (χ1v) is 10.8. The first-order valence-electron chi connectivity index (χ1n) is 9.39. The standard InChI is InChI=1S/C21H24F4O4S/c1-11(2)9-15(12(3)4)14-7-5-13(6-8-14)10-29-20-16(22)18(24)21(30(26,27)28)19(25)17(20)23/h5-8,11-12,15H,9-10H2,1-4H3,(H,26,27,28). The lowest BCUT2D eigenvalue weighted by atomic mass is 9.82. The van der Waals surface area contributed by atoms with Crippen molar-refractivity contribution in [2.75, 3.05) is 0 Å². The number of hydrogen-bond donors (Lipinski definition) is 1. The third kappa shape index (κ3) is 5.31. The monoisotopic (exact) mass is 448 g/mol. The molecule has 0 fully saturated rings. The molecule has 2 aromatic rings. The highest BCUT2D eigenvalue weighted by Crippen LogP contribution is 2.34. The average Bonchev–Trinajstić information content (AvgIpc) is 2.64. The van der Waals surface area contributed by atoms with Gasteiger partial charge in [0, 0.05) is 0 Å². The minimum Gasteiger partial charge on any atom is -0.483 e. The van der Waals surface area contributed by atoms with Crippen molar-refractivity contribution in [1.82, 2.24) is 0 Å². The van der Waals surface area contributed by atoms with Crippen molar-refractivity contribution in [3.05, 3.63) is 58.7 Å². The first kappa shape index (κ1) is 24.1. The van der Waals surface area contributed by atoms with Crippen LogP contribution in [0.4, 0.5) is 17.6 Å². The van der Waals surface area contributed by atoms with Crippen molar-refractivity contribution in [2.24, 2.45) is 11.8 Å². The van der Waals surface area contributed by atoms with Crippen LogP contribution in [0.1, 0.15) is 51.2 Å². The Labute approximate surface area is 173 Å². The molecule has 9 heteroatoms. The van der Waals surface area contributed by atoms with Gasteiger partial charge in [-0.15, -0.1) is 0 Å². The fraction of sp³-hybridized carbons (Fsp3) is 0.429. The quantitative estimate of drug-likeness (QED) is 0.312. The maximum absolute atomic E-state index is 14.0. The summed E-state index contributed by atoms with van der Waals surface area (Å²) in [5, 5.41) is 0. The summed E-state index contributed by atoms with van der Waals surface area (Å²) in [6, 6.07) is 7.09. The van der Waals surface area contributed by atoms with Gasteiger partial charge in [-0.25, -0.2) is 8.78 Å². The molecule has 0 aliphatic carbocycles. The molecular formula is C21H24F4O4S. The Balaban J connectivity index is 2.26. The summed E-state index contributed by atoms with van der Waals surface area (Å²) in [4.78, 5) is -2.10. The summed E-state index contributed by atoms with van der Waals surface area (Å²) in [6.45, 7) is 8.09. The Bertz CT molecular complexity index is 974. The summed E-state index contributed by atoms with van der Waals surface area (Å²) in [7, 11) is -5.51. The Morgan fingerprint density at radius 3 is 1.80 bits per heavy atom. The van der Waals surface area contributed by atoms with E-state index in [1.54, 1.807) is 12.1 Å². The number of halogens is 4. The Hall–Kier alpha value is -2.13. The summed E-state index contributed by atoms with van der Waals surface area (Å²) in [6.07, 6.45) is 0.989. The zero-order valence-corrected chi connectivity index (χ0v) is 17.9. The number of hydrogen-bond acceptors (Lipinski definition) is 3. The van der Waals surface area contributed by atoms with Gasteiger partial charge in [0.2, 0.25) is 11.6 Å². The van der Waals surface area contributed by atoms with Gasteiger partial charge in [0.25, 0.3) is 0 Å². The maximum atomic E-state index is 14.0. The van der Waals surface area contributed by atoms with Crippen molar-refractivity contribution >= 4 is 10.1 Å². The Morgan fingerprint density at radius 1 is 0.900 bits per heavy atom. The van der Waals surface area contributed by atoms with E-state index in [9.17, 15) is 26.0 Å². The molecule has 0 radical (unpaired) electrons. The molecule has 0 amide bonds. The second-order valence-corrected chi connectivity index (χ2v) is 9.26. The van der Waals surface area contributed by atoms with E-state index in [2.05, 4.69) is 27.7 Å². The molecule has 4 nitrogen and oxygen atoms in total. The SMILES string of the molecule is CC(C)CC(c1ccc(COc2c(F)c(F)c(S(=O)(=O)O)c(F)c2F)cc1)C(C)C. The van der Waals surface area contributed by atoms with Gasteiger partial charge in [0.1, 0.15) is 6.61 Å². The highest BCUT2D eigenvalue weighted by molar-refractivity contribution is 7.85. The highest BCUT2D eigenvalue weighted by atomic mass is 32.2. The van der Waals surface area contributed by atoms with Crippen LogP contribution in [0.5, 0.6) is 5.75 Å². The first-order chi connectivity index (χ1) is 13.8. The molecule has 0 spiro atoms. The minimum absolute atomic E-state index is 0.325. The topological polar surface area (TPSA) is 63.6 Å². The molecule has 30 heavy (non-hydrogen) atoms. The number of rotatable bonds is 8. The van der Waals surface area contributed by atoms with E-state index in [0.29, 0.717) is 23.3 Å². The largest absolute Gasteiger partial charge is 0.483 e. The van der Waals surface area contributed by atoms with Gasteiger partial charge in [-0.05, 0) is 35.3 Å². The summed E-state index contributed by atoms with van der Waals surface area (Å²) in [5.41, 5.74) is 1.58. The molecule has 0 aliphatic rings. The second kappa shape index (κ2) is 9.34. The van der Waals surface area contributed by atoms with Crippen LogP contribution in [0.25, 0.3) is 0 Å². The molecular weight excluding hydrogens is 424 g/mol. The van der Waals surface area contributed by atoms with Gasteiger partial charge in [-0.2, -0.15) is 17.2 Å². The molecule has 0 aliphatic heterocycles. The van der Waals surface area contributed by atoms with E-state index in [0.717, 1.165) is 12.0 Å². The van der Waals surface area contributed by atoms with Gasteiger partial charge in [0.05, 0.1) is 0 Å². The number of ether oxygens (including phenoxy) is 1. The molecule has 0 aromatic heterocycles. The summed E-state index contributed by atoms with van der Waals surface area (Å²) in [5.74, 6) is -8.77. The van der Waals surface area contributed by atoms with Crippen LogP contribution in [0.15, 0.2) is 29.2 Å². The second-order valence-electron chi connectivity index (χ2n) is 7.90. The molecule has 2 rings (SSSR count). The number of benzene rings is 2. The molecule has 166 valence electrons. The normalized spacial score (nSPS) is 13.2. The predicted octanol–water partition coefficient (Wildman–Crippen LogP) is 5.85. The maximum Gasteiger partial charge on any atom is 0.300 e. The van der Waals surface area contributed by atoms with E-state index < -0.39 is 50.6 Å². The van der Waals surface area contributed by atoms with Crippen LogP contribution in [0.2, 0.25) is 0 Å². The molecule has 1 N–H and O–H groups in total. The predicted molar refractivity (Wildman–Crippen MR) is 104 cm³/mol. The van der Waals surface area contributed by atoms with Gasteiger partial charge in [-0.3, -0.25) is 4.55 Å². The Morgan fingerprint density at radius 2 is 1.40 bits per heavy atom. The van der Waals surface area contributed by atoms with Gasteiger partial charge < -0.3 is 4.74 Å². The molecule has 2 aromatic carbocycles. The molecule has 1 atom stereocenters. The lowest BCUT2D eigenvalue weighted by Gasteiger charge is -2.23. The van der Waals surface area contributed by atoms with E-state index >= 15 is 0 Å². The van der Waals surface area contributed by atoms with Crippen LogP contribution in [0.3, 0.4) is 0 Å². The third-order valence-corrected chi connectivity index (χ3v) is 5.64. The van der Waals surface area contributed by atoms with Gasteiger partial charge in [-0.1, -0.05) is 52.0 Å². The van der Waals surface area contributed by atoms with Crippen molar-refractivity contribution in [3.8, 4) is 5.75 Å². The molecule has 0 bridgehead atoms. The van der Waals surface area contributed by atoms with Crippen molar-refractivity contribution in [3.63, 3.8) is 0 Å². The van der Waals surface area contributed by atoms with Crippen molar-refractivity contribution in [1.29, 1.82) is 0 Å². The van der Waals surface area contributed by atoms with Gasteiger partial charge >= 0.3 is 10.1 Å². The van der Waals surface area contributed by atoms with Crippen LogP contribution in [0, 0.1) is 35.1 Å². The Kier molecular flexibility index (Phi) is 7.52. The summed E-state index contributed by atoms with van der Waals surface area (Å²) >= 11 is 0. The lowest BCUT2D eigenvalue weighted by Crippen LogP contribution is -2.12. The van der Waals surface area contributed by atoms with Crippen LogP contribution >= 0.6 is 0 Å². The molecule has 0 heterocycles. The summed E-state index contributed by atoms with van der Waals surface area (Å²) < 4.78 is 91.4. The molecule has 0 saturated heterocycles. The zero-order valence-electron chi connectivity index (χ0n) is 17.0. The molecule has 0 saturated carbocycles. The lowest BCUT2D eigenvalue weighted by molar-refractivity contribution is 0.257. The fourth-order valence-electron chi connectivity index (χ4n) is 3.26.